The first-order valence-corrected chi connectivity index (χ1v) is 8.23. The summed E-state index contributed by atoms with van der Waals surface area (Å²) in [4.78, 5) is 15.0. The molecule has 0 atom stereocenters. The van der Waals surface area contributed by atoms with Crippen molar-refractivity contribution in [1.29, 1.82) is 0 Å². The standard InChI is InChI=1S/C16H24N2O2/c19-16(18-3-1-14(17-20)2-4-18)15-12-6-10-5-11(8-12)9-13(15)7-10/h10-13,15,20H,1-9H2. The Balaban J connectivity index is 1.46. The van der Waals surface area contributed by atoms with Gasteiger partial charge in [0, 0.05) is 31.8 Å². The van der Waals surface area contributed by atoms with Gasteiger partial charge in [-0.25, -0.2) is 0 Å². The van der Waals surface area contributed by atoms with Gasteiger partial charge >= 0.3 is 0 Å². The normalized spacial score (nSPS) is 42.9. The molecule has 4 nitrogen and oxygen atoms in total. The molecule has 110 valence electrons. The Hall–Kier alpha value is -1.06. The van der Waals surface area contributed by atoms with E-state index in [1.807, 2.05) is 4.90 Å². The number of piperidine rings is 1. The second-order valence-corrected chi connectivity index (χ2v) is 7.45. The zero-order valence-electron chi connectivity index (χ0n) is 12.0. The van der Waals surface area contributed by atoms with Gasteiger partial charge in [0.05, 0.1) is 5.71 Å². The zero-order chi connectivity index (χ0) is 13.7. The molecule has 1 N–H and O–H groups in total. The van der Waals surface area contributed by atoms with Gasteiger partial charge in [0.1, 0.15) is 0 Å². The van der Waals surface area contributed by atoms with Crippen molar-refractivity contribution in [3.63, 3.8) is 0 Å². The number of carbonyl (C=O) groups excluding carboxylic acids is 1. The fourth-order valence-corrected chi connectivity index (χ4v) is 5.62. The molecule has 20 heavy (non-hydrogen) atoms. The van der Waals surface area contributed by atoms with Crippen LogP contribution in [0.4, 0.5) is 0 Å². The van der Waals surface area contributed by atoms with E-state index in [1.54, 1.807) is 0 Å². The second kappa shape index (κ2) is 4.74. The van der Waals surface area contributed by atoms with Crippen molar-refractivity contribution in [2.24, 2.45) is 34.7 Å². The summed E-state index contributed by atoms with van der Waals surface area (Å²) >= 11 is 0. The minimum Gasteiger partial charge on any atom is -0.411 e. The van der Waals surface area contributed by atoms with Crippen LogP contribution in [0.1, 0.15) is 44.9 Å². The molecule has 5 aliphatic rings. The minimum absolute atomic E-state index is 0.315. The average Bonchev–Trinajstić information content (AvgIpc) is 2.46. The van der Waals surface area contributed by atoms with E-state index in [9.17, 15) is 4.79 Å². The average molecular weight is 276 g/mol. The molecule has 4 saturated carbocycles. The van der Waals surface area contributed by atoms with Gasteiger partial charge in [-0.1, -0.05) is 5.16 Å². The summed E-state index contributed by atoms with van der Waals surface area (Å²) in [5, 5.41) is 12.1. The van der Waals surface area contributed by atoms with Crippen LogP contribution in [-0.4, -0.2) is 34.8 Å². The molecule has 1 heterocycles. The molecule has 0 spiro atoms. The molecule has 0 aromatic heterocycles. The van der Waals surface area contributed by atoms with E-state index in [2.05, 4.69) is 5.16 Å². The second-order valence-electron chi connectivity index (χ2n) is 7.45. The number of rotatable bonds is 1. The first kappa shape index (κ1) is 12.7. The van der Waals surface area contributed by atoms with E-state index in [4.69, 9.17) is 5.21 Å². The molecule has 5 fully saturated rings. The van der Waals surface area contributed by atoms with E-state index in [0.29, 0.717) is 23.7 Å². The van der Waals surface area contributed by atoms with Crippen LogP contribution >= 0.6 is 0 Å². The Kier molecular flexibility index (Phi) is 3.00. The summed E-state index contributed by atoms with van der Waals surface area (Å²) in [6.45, 7) is 1.50. The molecule has 0 aromatic rings. The molecule has 1 saturated heterocycles. The molecule has 4 aliphatic carbocycles. The third-order valence-electron chi connectivity index (χ3n) is 6.31. The SMILES string of the molecule is O=C(C1C2CC3CC(C2)CC1C3)N1CCC(=NO)CC1. The molecule has 0 radical (unpaired) electrons. The van der Waals surface area contributed by atoms with Crippen molar-refractivity contribution in [3.05, 3.63) is 0 Å². The van der Waals surface area contributed by atoms with Crippen LogP contribution in [0.2, 0.25) is 0 Å². The van der Waals surface area contributed by atoms with E-state index in [0.717, 1.165) is 43.5 Å². The van der Waals surface area contributed by atoms with Crippen LogP contribution in [0, 0.1) is 29.6 Å². The maximum absolute atomic E-state index is 12.9. The Labute approximate surface area is 120 Å². The van der Waals surface area contributed by atoms with Gasteiger partial charge in [0.15, 0.2) is 0 Å². The largest absolute Gasteiger partial charge is 0.411 e. The Bertz CT molecular complexity index is 408. The van der Waals surface area contributed by atoms with Crippen molar-refractivity contribution < 1.29 is 10.0 Å². The molecule has 4 bridgehead atoms. The Morgan fingerprint density at radius 3 is 2.05 bits per heavy atom. The molecule has 0 aromatic carbocycles. The molecule has 1 aliphatic heterocycles. The van der Waals surface area contributed by atoms with Gasteiger partial charge in [0.25, 0.3) is 0 Å². The predicted molar refractivity (Wildman–Crippen MR) is 75.6 cm³/mol. The fraction of sp³-hybridized carbons (Fsp3) is 0.875. The lowest BCUT2D eigenvalue weighted by Crippen LogP contribution is -2.53. The van der Waals surface area contributed by atoms with E-state index < -0.39 is 0 Å². The summed E-state index contributed by atoms with van der Waals surface area (Å²) in [6, 6.07) is 0. The number of oxime groups is 1. The third kappa shape index (κ3) is 1.95. The fourth-order valence-electron chi connectivity index (χ4n) is 5.62. The van der Waals surface area contributed by atoms with Gasteiger partial charge in [-0.05, 0) is 55.8 Å². The summed E-state index contributed by atoms with van der Waals surface area (Å²) in [5.74, 6) is 3.93. The summed E-state index contributed by atoms with van der Waals surface area (Å²) in [7, 11) is 0. The smallest absolute Gasteiger partial charge is 0.226 e. The maximum atomic E-state index is 12.9. The van der Waals surface area contributed by atoms with E-state index in [1.165, 1.54) is 32.1 Å². The third-order valence-corrected chi connectivity index (χ3v) is 6.31. The predicted octanol–water partition coefficient (Wildman–Crippen LogP) is 2.51. The van der Waals surface area contributed by atoms with Crippen molar-refractivity contribution >= 4 is 11.6 Å². The van der Waals surface area contributed by atoms with Crippen LogP contribution in [0.25, 0.3) is 0 Å². The monoisotopic (exact) mass is 276 g/mol. The highest BCUT2D eigenvalue weighted by Gasteiger charge is 2.51. The van der Waals surface area contributed by atoms with Crippen molar-refractivity contribution in [2.45, 2.75) is 44.9 Å². The number of hydrogen-bond donors (Lipinski definition) is 1. The number of likely N-dealkylation sites (tertiary alicyclic amines) is 1. The van der Waals surface area contributed by atoms with Crippen molar-refractivity contribution in [1.82, 2.24) is 4.90 Å². The van der Waals surface area contributed by atoms with E-state index in [-0.39, 0.29) is 0 Å². The molecule has 1 amide bonds. The Morgan fingerprint density at radius 1 is 1.00 bits per heavy atom. The van der Waals surface area contributed by atoms with Gasteiger partial charge in [0.2, 0.25) is 5.91 Å². The molecule has 4 heteroatoms. The Morgan fingerprint density at radius 2 is 1.55 bits per heavy atom. The van der Waals surface area contributed by atoms with E-state index >= 15 is 0 Å². The lowest BCUT2D eigenvalue weighted by atomic mass is 9.51. The minimum atomic E-state index is 0.315. The van der Waals surface area contributed by atoms with Crippen LogP contribution < -0.4 is 0 Å². The summed E-state index contributed by atoms with van der Waals surface area (Å²) in [5.41, 5.74) is 0.846. The van der Waals surface area contributed by atoms with Gasteiger partial charge in [-0.2, -0.15) is 0 Å². The van der Waals surface area contributed by atoms with Crippen LogP contribution in [-0.2, 0) is 4.79 Å². The summed E-state index contributed by atoms with van der Waals surface area (Å²) < 4.78 is 0. The van der Waals surface area contributed by atoms with Crippen LogP contribution in [0.5, 0.6) is 0 Å². The molecular weight excluding hydrogens is 252 g/mol. The topological polar surface area (TPSA) is 52.9 Å². The molecular formula is C16H24N2O2. The summed E-state index contributed by atoms with van der Waals surface area (Å²) in [6.07, 6.45) is 8.15. The van der Waals surface area contributed by atoms with Crippen molar-refractivity contribution in [3.8, 4) is 0 Å². The van der Waals surface area contributed by atoms with Crippen LogP contribution in [0.15, 0.2) is 5.16 Å². The number of amides is 1. The highest BCUT2D eigenvalue weighted by atomic mass is 16.4. The maximum Gasteiger partial charge on any atom is 0.226 e. The molecule has 0 unspecified atom stereocenters. The zero-order valence-corrected chi connectivity index (χ0v) is 12.0. The molecule has 5 rings (SSSR count). The number of hydrogen-bond acceptors (Lipinski definition) is 3. The number of nitrogens with zero attached hydrogens (tertiary/aromatic N) is 2. The van der Waals surface area contributed by atoms with Gasteiger partial charge in [-0.3, -0.25) is 4.79 Å². The van der Waals surface area contributed by atoms with Gasteiger partial charge < -0.3 is 10.1 Å². The lowest BCUT2D eigenvalue weighted by molar-refractivity contribution is -0.149. The van der Waals surface area contributed by atoms with Crippen molar-refractivity contribution in [2.75, 3.05) is 13.1 Å². The lowest BCUT2D eigenvalue weighted by Gasteiger charge is -2.54. The first-order valence-electron chi connectivity index (χ1n) is 8.23. The first-order chi connectivity index (χ1) is 9.74. The highest BCUT2D eigenvalue weighted by Crippen LogP contribution is 2.56. The highest BCUT2D eigenvalue weighted by molar-refractivity contribution is 5.87. The van der Waals surface area contributed by atoms with Gasteiger partial charge in [-0.15, -0.1) is 0 Å². The number of carbonyl (C=O) groups is 1. The quantitative estimate of drug-likeness (QED) is 0.591. The van der Waals surface area contributed by atoms with Crippen LogP contribution in [0.3, 0.4) is 0 Å².